The van der Waals surface area contributed by atoms with Gasteiger partial charge in [0, 0.05) is 18.4 Å². The summed E-state index contributed by atoms with van der Waals surface area (Å²) >= 11 is 3.25. The molecule has 0 amide bonds. The van der Waals surface area contributed by atoms with E-state index in [1.807, 2.05) is 12.1 Å². The lowest BCUT2D eigenvalue weighted by Crippen LogP contribution is -2.12. The molecule has 0 saturated carbocycles. The van der Waals surface area contributed by atoms with Gasteiger partial charge in [-0.25, -0.2) is 4.98 Å². The van der Waals surface area contributed by atoms with E-state index in [1.165, 1.54) is 0 Å². The van der Waals surface area contributed by atoms with E-state index in [1.54, 1.807) is 12.5 Å². The number of nitrogens with zero attached hydrogens (tertiary/aromatic N) is 1. The minimum Gasteiger partial charge on any atom is -0.453 e. The Kier molecular flexibility index (Phi) is 3.00. The maximum Gasteiger partial charge on any atom is 0.169 e. The molecule has 0 aliphatic rings. The molecule has 5 heteroatoms. The van der Waals surface area contributed by atoms with Crippen LogP contribution in [0.15, 0.2) is 33.7 Å². The molecule has 0 radical (unpaired) electrons. The van der Waals surface area contributed by atoms with Crippen molar-refractivity contribution in [2.75, 3.05) is 0 Å². The van der Waals surface area contributed by atoms with Gasteiger partial charge < -0.3 is 14.7 Å². The molecular formula is C9H10BrN3O. The van der Waals surface area contributed by atoms with Crippen molar-refractivity contribution >= 4 is 15.9 Å². The zero-order valence-corrected chi connectivity index (χ0v) is 9.04. The minimum atomic E-state index is 0.713. The first-order chi connectivity index (χ1) is 6.84. The van der Waals surface area contributed by atoms with E-state index in [4.69, 9.17) is 4.42 Å². The van der Waals surface area contributed by atoms with E-state index >= 15 is 0 Å². The Labute approximate surface area is 89.9 Å². The maximum absolute atomic E-state index is 5.33. The van der Waals surface area contributed by atoms with Crippen LogP contribution in [0.25, 0.3) is 0 Å². The van der Waals surface area contributed by atoms with Gasteiger partial charge in [0.1, 0.15) is 5.76 Å². The van der Waals surface area contributed by atoms with Crippen LogP contribution in [0, 0.1) is 0 Å². The zero-order valence-electron chi connectivity index (χ0n) is 7.46. The topological polar surface area (TPSA) is 53.9 Å². The molecule has 4 nitrogen and oxygen atoms in total. The van der Waals surface area contributed by atoms with Gasteiger partial charge in [0.25, 0.3) is 0 Å². The summed E-state index contributed by atoms with van der Waals surface area (Å²) in [5.74, 6) is 0.913. The normalized spacial score (nSPS) is 10.6. The molecule has 0 saturated heterocycles. The molecule has 0 atom stereocenters. The van der Waals surface area contributed by atoms with E-state index in [2.05, 4.69) is 31.2 Å². The molecule has 0 spiro atoms. The Morgan fingerprint density at radius 2 is 2.36 bits per heavy atom. The largest absolute Gasteiger partial charge is 0.453 e. The number of halogens is 1. The maximum atomic E-state index is 5.33. The molecule has 14 heavy (non-hydrogen) atoms. The number of nitrogens with one attached hydrogen (secondary N) is 2. The number of furan rings is 1. The summed E-state index contributed by atoms with van der Waals surface area (Å²) in [7, 11) is 0. The predicted octanol–water partition coefficient (Wildman–Crippen LogP) is 2.06. The highest BCUT2D eigenvalue weighted by Crippen LogP contribution is 2.13. The van der Waals surface area contributed by atoms with Crippen LogP contribution in [0.2, 0.25) is 0 Å². The molecule has 0 unspecified atom stereocenters. The van der Waals surface area contributed by atoms with E-state index in [0.717, 1.165) is 22.7 Å². The average Bonchev–Trinajstić information content (AvgIpc) is 2.77. The highest BCUT2D eigenvalue weighted by Gasteiger charge is 1.99. The van der Waals surface area contributed by atoms with Crippen LogP contribution in [0.4, 0.5) is 0 Å². The summed E-state index contributed by atoms with van der Waals surface area (Å²) in [6.45, 7) is 1.48. The van der Waals surface area contributed by atoms with Crippen molar-refractivity contribution in [3.8, 4) is 0 Å². The number of imidazole rings is 1. The van der Waals surface area contributed by atoms with Crippen LogP contribution in [0.5, 0.6) is 0 Å². The molecular weight excluding hydrogens is 246 g/mol. The van der Waals surface area contributed by atoms with Gasteiger partial charge in [-0.2, -0.15) is 0 Å². The first kappa shape index (κ1) is 9.48. The third-order valence-electron chi connectivity index (χ3n) is 1.80. The van der Waals surface area contributed by atoms with Crippen molar-refractivity contribution in [3.63, 3.8) is 0 Å². The summed E-state index contributed by atoms with van der Waals surface area (Å²) in [6.07, 6.45) is 3.46. The van der Waals surface area contributed by atoms with Crippen LogP contribution in [-0.2, 0) is 13.1 Å². The Morgan fingerprint density at radius 1 is 1.43 bits per heavy atom. The Balaban J connectivity index is 1.78. The molecule has 0 aliphatic carbocycles. The Hall–Kier alpha value is -1.07. The predicted molar refractivity (Wildman–Crippen MR) is 55.5 cm³/mol. The first-order valence-electron chi connectivity index (χ1n) is 4.27. The molecule has 0 aromatic carbocycles. The van der Waals surface area contributed by atoms with Gasteiger partial charge in [-0.1, -0.05) is 0 Å². The second-order valence-electron chi connectivity index (χ2n) is 2.89. The molecule has 2 aromatic heterocycles. The third-order valence-corrected chi connectivity index (χ3v) is 2.22. The smallest absolute Gasteiger partial charge is 0.169 e. The van der Waals surface area contributed by atoms with E-state index in [-0.39, 0.29) is 0 Å². The van der Waals surface area contributed by atoms with Crippen molar-refractivity contribution in [3.05, 3.63) is 40.8 Å². The second kappa shape index (κ2) is 4.43. The van der Waals surface area contributed by atoms with Crippen molar-refractivity contribution in [2.24, 2.45) is 0 Å². The number of aromatic amines is 1. The van der Waals surface area contributed by atoms with Crippen molar-refractivity contribution in [1.29, 1.82) is 0 Å². The number of hydrogen-bond donors (Lipinski definition) is 2. The third kappa shape index (κ3) is 2.46. The number of H-pyrrole nitrogens is 1. The highest BCUT2D eigenvalue weighted by atomic mass is 79.9. The fourth-order valence-corrected chi connectivity index (χ4v) is 1.49. The van der Waals surface area contributed by atoms with Gasteiger partial charge in [-0.05, 0) is 28.1 Å². The van der Waals surface area contributed by atoms with Gasteiger partial charge in [0.15, 0.2) is 4.67 Å². The summed E-state index contributed by atoms with van der Waals surface area (Å²) in [5, 5.41) is 3.23. The monoisotopic (exact) mass is 255 g/mol. The second-order valence-corrected chi connectivity index (χ2v) is 3.67. The molecule has 2 aromatic rings. The molecule has 0 aliphatic heterocycles. The minimum absolute atomic E-state index is 0.713. The molecule has 2 heterocycles. The molecule has 2 N–H and O–H groups in total. The van der Waals surface area contributed by atoms with Crippen molar-refractivity contribution < 1.29 is 4.42 Å². The van der Waals surface area contributed by atoms with Gasteiger partial charge in [0.05, 0.1) is 12.9 Å². The molecule has 0 fully saturated rings. The van der Waals surface area contributed by atoms with Crippen LogP contribution < -0.4 is 5.32 Å². The van der Waals surface area contributed by atoms with E-state index in [0.29, 0.717) is 6.54 Å². The summed E-state index contributed by atoms with van der Waals surface area (Å²) in [6, 6.07) is 3.82. The first-order valence-corrected chi connectivity index (χ1v) is 5.06. The molecule has 2 rings (SSSR count). The summed E-state index contributed by atoms with van der Waals surface area (Å²) < 4.78 is 6.09. The van der Waals surface area contributed by atoms with Crippen molar-refractivity contribution in [1.82, 2.24) is 15.3 Å². The van der Waals surface area contributed by atoms with E-state index in [9.17, 15) is 0 Å². The number of aromatic nitrogens is 2. The number of rotatable bonds is 4. The lowest BCUT2D eigenvalue weighted by molar-refractivity contribution is 0.464. The van der Waals surface area contributed by atoms with Crippen LogP contribution in [-0.4, -0.2) is 9.97 Å². The summed E-state index contributed by atoms with van der Waals surface area (Å²) in [4.78, 5) is 6.94. The van der Waals surface area contributed by atoms with Crippen LogP contribution in [0.3, 0.4) is 0 Å². The molecule has 74 valence electrons. The quantitative estimate of drug-likeness (QED) is 0.880. The highest BCUT2D eigenvalue weighted by molar-refractivity contribution is 9.10. The summed E-state index contributed by atoms with van der Waals surface area (Å²) in [5.41, 5.74) is 1.07. The number of hydrogen-bond acceptors (Lipinski definition) is 3. The van der Waals surface area contributed by atoms with Gasteiger partial charge in [0.2, 0.25) is 0 Å². The van der Waals surface area contributed by atoms with Crippen molar-refractivity contribution in [2.45, 2.75) is 13.1 Å². The van der Waals surface area contributed by atoms with Gasteiger partial charge >= 0.3 is 0 Å². The zero-order chi connectivity index (χ0) is 9.80. The van der Waals surface area contributed by atoms with Crippen LogP contribution >= 0.6 is 15.9 Å². The lowest BCUT2D eigenvalue weighted by Gasteiger charge is -1.99. The SMILES string of the molecule is Brc1ccc(CNCc2cnc[nH]2)o1. The standard InChI is InChI=1S/C9H10BrN3O/c10-9-2-1-8(14-9)5-11-3-7-4-12-6-13-7/h1-2,4,6,11H,3,5H2,(H,12,13). The lowest BCUT2D eigenvalue weighted by atomic mass is 10.4. The Bertz CT molecular complexity index is 382. The fraction of sp³-hybridized carbons (Fsp3) is 0.222. The van der Waals surface area contributed by atoms with E-state index < -0.39 is 0 Å². The fourth-order valence-electron chi connectivity index (χ4n) is 1.15. The average molecular weight is 256 g/mol. The molecule has 0 bridgehead atoms. The Morgan fingerprint density at radius 3 is 3.00 bits per heavy atom. The van der Waals surface area contributed by atoms with Gasteiger partial charge in [-0.3, -0.25) is 0 Å². The van der Waals surface area contributed by atoms with Crippen LogP contribution in [0.1, 0.15) is 11.5 Å². The van der Waals surface area contributed by atoms with Gasteiger partial charge in [-0.15, -0.1) is 0 Å².